The van der Waals surface area contributed by atoms with Crippen molar-refractivity contribution in [3.8, 4) is 0 Å². The second-order valence-electron chi connectivity index (χ2n) is 4.28. The Labute approximate surface area is 98.0 Å². The van der Waals surface area contributed by atoms with Gasteiger partial charge in [0.1, 0.15) is 0 Å². The van der Waals surface area contributed by atoms with Gasteiger partial charge in [0, 0.05) is 30.2 Å². The van der Waals surface area contributed by atoms with Crippen molar-refractivity contribution >= 4 is 22.5 Å². The molecule has 2 nitrogen and oxygen atoms in total. The minimum Gasteiger partial charge on any atom is -0.337 e. The Hall–Kier alpha value is -1.06. The molecule has 0 amide bonds. The van der Waals surface area contributed by atoms with E-state index in [1.807, 2.05) is 16.7 Å². The summed E-state index contributed by atoms with van der Waals surface area (Å²) in [5.41, 5.74) is 1.76. The Bertz CT molecular complexity index is 562. The number of nitrogens with zero attached hydrogens (tertiary/aromatic N) is 1. The zero-order valence-electron chi connectivity index (χ0n) is 8.93. The van der Waals surface area contributed by atoms with Crippen molar-refractivity contribution in [2.24, 2.45) is 0 Å². The number of hydrogen-bond acceptors (Lipinski definition) is 1. The summed E-state index contributed by atoms with van der Waals surface area (Å²) >= 11 is 5.83. The Morgan fingerprint density at radius 1 is 1.50 bits per heavy atom. The van der Waals surface area contributed by atoms with Gasteiger partial charge in [-0.15, -0.1) is 0 Å². The highest BCUT2D eigenvalue weighted by Crippen LogP contribution is 2.31. The lowest BCUT2D eigenvalue weighted by atomic mass is 10.2. The van der Waals surface area contributed by atoms with Crippen LogP contribution in [-0.4, -0.2) is 11.1 Å². The van der Waals surface area contributed by atoms with E-state index in [9.17, 15) is 4.39 Å². The Morgan fingerprint density at radius 3 is 3.12 bits per heavy atom. The summed E-state index contributed by atoms with van der Waals surface area (Å²) in [5.74, 6) is -0.306. The first kappa shape index (κ1) is 10.1. The molecular weight excluding hydrogens is 227 g/mol. The topological polar surface area (TPSA) is 17.0 Å². The largest absolute Gasteiger partial charge is 0.337 e. The van der Waals surface area contributed by atoms with Gasteiger partial charge in [0.15, 0.2) is 5.82 Å². The molecule has 84 valence electrons. The molecule has 0 bridgehead atoms. The van der Waals surface area contributed by atoms with Crippen molar-refractivity contribution in [1.82, 2.24) is 9.88 Å². The fraction of sp³-hybridized carbons (Fsp3) is 0.333. The van der Waals surface area contributed by atoms with Crippen LogP contribution in [0, 0.1) is 5.82 Å². The van der Waals surface area contributed by atoms with Crippen LogP contribution >= 0.6 is 11.6 Å². The van der Waals surface area contributed by atoms with Crippen LogP contribution in [0.1, 0.15) is 18.7 Å². The van der Waals surface area contributed by atoms with Gasteiger partial charge in [0.2, 0.25) is 0 Å². The number of fused-ring (bicyclic) bond motifs is 3. The summed E-state index contributed by atoms with van der Waals surface area (Å²) in [7, 11) is 0. The number of aromatic nitrogens is 1. The van der Waals surface area contributed by atoms with E-state index in [0.717, 1.165) is 24.2 Å². The molecule has 1 aliphatic rings. The third-order valence-electron chi connectivity index (χ3n) is 3.16. The van der Waals surface area contributed by atoms with Gasteiger partial charge in [-0.1, -0.05) is 17.7 Å². The monoisotopic (exact) mass is 238 g/mol. The minimum absolute atomic E-state index is 0.194. The summed E-state index contributed by atoms with van der Waals surface area (Å²) in [6, 6.07) is 5.77. The maximum Gasteiger partial charge on any atom is 0.166 e. The number of benzene rings is 1. The molecule has 0 unspecified atom stereocenters. The molecule has 0 spiro atoms. The lowest BCUT2D eigenvalue weighted by Gasteiger charge is -2.24. The van der Waals surface area contributed by atoms with Crippen LogP contribution in [0.15, 0.2) is 18.2 Å². The zero-order valence-corrected chi connectivity index (χ0v) is 9.68. The van der Waals surface area contributed by atoms with Crippen LogP contribution in [0.4, 0.5) is 4.39 Å². The van der Waals surface area contributed by atoms with Gasteiger partial charge in [-0.05, 0) is 19.1 Å². The minimum atomic E-state index is -0.306. The van der Waals surface area contributed by atoms with Gasteiger partial charge in [-0.3, -0.25) is 0 Å². The Morgan fingerprint density at radius 2 is 2.31 bits per heavy atom. The number of nitrogens with one attached hydrogen (secondary N) is 1. The molecule has 1 N–H and O–H groups in total. The summed E-state index contributed by atoms with van der Waals surface area (Å²) in [4.78, 5) is 0. The first-order valence-corrected chi connectivity index (χ1v) is 5.75. The molecule has 0 aliphatic carbocycles. The third kappa shape index (κ3) is 1.28. The molecule has 0 saturated carbocycles. The van der Waals surface area contributed by atoms with Crippen LogP contribution in [0.5, 0.6) is 0 Å². The molecule has 4 heteroatoms. The lowest BCUT2D eigenvalue weighted by molar-refractivity contribution is 0.435. The summed E-state index contributed by atoms with van der Waals surface area (Å²) < 4.78 is 16.1. The van der Waals surface area contributed by atoms with Gasteiger partial charge in [-0.2, -0.15) is 0 Å². The SMILES string of the molecule is C[C@@H]1CNCc2cc3ccc(Cl)c(F)c3n21. The van der Waals surface area contributed by atoms with Crippen LogP contribution in [0.3, 0.4) is 0 Å². The van der Waals surface area contributed by atoms with Gasteiger partial charge >= 0.3 is 0 Å². The second-order valence-corrected chi connectivity index (χ2v) is 4.69. The van der Waals surface area contributed by atoms with Crippen molar-refractivity contribution in [1.29, 1.82) is 0 Å². The average Bonchev–Trinajstić information content (AvgIpc) is 2.64. The quantitative estimate of drug-likeness (QED) is 0.746. The highest BCUT2D eigenvalue weighted by molar-refractivity contribution is 6.31. The molecule has 1 atom stereocenters. The van der Waals surface area contributed by atoms with Crippen molar-refractivity contribution in [3.63, 3.8) is 0 Å². The fourth-order valence-corrected chi connectivity index (χ4v) is 2.60. The lowest BCUT2D eigenvalue weighted by Crippen LogP contribution is -2.31. The van der Waals surface area contributed by atoms with E-state index >= 15 is 0 Å². The molecule has 0 radical (unpaired) electrons. The highest BCUT2D eigenvalue weighted by atomic mass is 35.5. The number of hydrogen-bond donors (Lipinski definition) is 1. The van der Waals surface area contributed by atoms with Crippen LogP contribution < -0.4 is 5.32 Å². The molecule has 0 fully saturated rings. The molecule has 2 aromatic rings. The fourth-order valence-electron chi connectivity index (χ4n) is 2.45. The van der Waals surface area contributed by atoms with Crippen molar-refractivity contribution in [3.05, 3.63) is 34.7 Å². The van der Waals surface area contributed by atoms with E-state index < -0.39 is 0 Å². The van der Waals surface area contributed by atoms with Crippen LogP contribution in [-0.2, 0) is 6.54 Å². The Balaban J connectivity index is 2.40. The van der Waals surface area contributed by atoms with E-state index in [2.05, 4.69) is 12.2 Å². The first-order valence-electron chi connectivity index (χ1n) is 5.37. The van der Waals surface area contributed by atoms with E-state index in [1.54, 1.807) is 6.07 Å². The van der Waals surface area contributed by atoms with E-state index in [-0.39, 0.29) is 16.9 Å². The maximum atomic E-state index is 14.0. The van der Waals surface area contributed by atoms with Crippen molar-refractivity contribution in [2.45, 2.75) is 19.5 Å². The molecule has 1 aromatic carbocycles. The predicted molar refractivity (Wildman–Crippen MR) is 63.3 cm³/mol. The average molecular weight is 239 g/mol. The van der Waals surface area contributed by atoms with Gasteiger partial charge in [0.05, 0.1) is 10.5 Å². The van der Waals surface area contributed by atoms with Gasteiger partial charge in [-0.25, -0.2) is 4.39 Å². The smallest absolute Gasteiger partial charge is 0.166 e. The van der Waals surface area contributed by atoms with Crippen molar-refractivity contribution in [2.75, 3.05) is 6.54 Å². The van der Waals surface area contributed by atoms with E-state index in [4.69, 9.17) is 11.6 Å². The number of rotatable bonds is 0. The van der Waals surface area contributed by atoms with Gasteiger partial charge in [0.25, 0.3) is 0 Å². The molecular formula is C12H12ClFN2. The highest BCUT2D eigenvalue weighted by Gasteiger charge is 2.21. The number of halogens is 2. The Kier molecular flexibility index (Phi) is 2.19. The summed E-state index contributed by atoms with van der Waals surface area (Å²) in [6.45, 7) is 3.73. The first-order chi connectivity index (χ1) is 7.68. The van der Waals surface area contributed by atoms with Crippen LogP contribution in [0.25, 0.3) is 10.9 Å². The summed E-state index contributed by atoms with van der Waals surface area (Å²) in [6.07, 6.45) is 0. The molecule has 3 rings (SSSR count). The standard InChI is InChI=1S/C12H12ClFN2/c1-7-5-15-6-9-4-8-2-3-10(13)11(14)12(8)16(7)9/h2-4,7,15H,5-6H2,1H3/t7-/m1/s1. The van der Waals surface area contributed by atoms with Gasteiger partial charge < -0.3 is 9.88 Å². The predicted octanol–water partition coefficient (Wildman–Crippen LogP) is 3.10. The molecule has 0 saturated heterocycles. The third-order valence-corrected chi connectivity index (χ3v) is 3.45. The molecule has 2 heterocycles. The van der Waals surface area contributed by atoms with Crippen LogP contribution in [0.2, 0.25) is 5.02 Å². The second kappa shape index (κ2) is 3.47. The molecule has 1 aromatic heterocycles. The van der Waals surface area contributed by atoms with Crippen molar-refractivity contribution < 1.29 is 4.39 Å². The van der Waals surface area contributed by atoms with E-state index in [1.165, 1.54) is 0 Å². The zero-order chi connectivity index (χ0) is 11.3. The normalized spacial score (nSPS) is 20.1. The van der Waals surface area contributed by atoms with E-state index in [0.29, 0.717) is 5.52 Å². The molecule has 16 heavy (non-hydrogen) atoms. The maximum absolute atomic E-state index is 14.0. The molecule has 1 aliphatic heterocycles. The summed E-state index contributed by atoms with van der Waals surface area (Å²) in [5, 5.41) is 4.43.